The van der Waals surface area contributed by atoms with Gasteiger partial charge >= 0.3 is 0 Å². The summed E-state index contributed by atoms with van der Waals surface area (Å²) >= 11 is 0. The number of rotatable bonds is 3. The lowest BCUT2D eigenvalue weighted by Crippen LogP contribution is -1.99. The summed E-state index contributed by atoms with van der Waals surface area (Å²) in [6.45, 7) is 0.470. The molecule has 0 saturated heterocycles. The first-order valence-corrected chi connectivity index (χ1v) is 4.23. The van der Waals surface area contributed by atoms with Gasteiger partial charge in [-0.25, -0.2) is 0 Å². The number of nitrogens with two attached hydrogens (primary N) is 1. The highest BCUT2D eigenvalue weighted by Gasteiger charge is 2.30. The summed E-state index contributed by atoms with van der Waals surface area (Å²) in [5, 5.41) is 0. The molecule has 3 N–H and O–H groups in total. The molecule has 1 saturated carbocycles. The summed E-state index contributed by atoms with van der Waals surface area (Å²) in [5.74, 6) is 0.567. The molecule has 0 bridgehead atoms. The molecule has 64 valence electrons. The van der Waals surface area contributed by atoms with Crippen LogP contribution in [-0.2, 0) is 6.54 Å². The van der Waals surface area contributed by atoms with Crippen LogP contribution in [0.2, 0.25) is 0 Å². The molecule has 1 aromatic rings. The number of ketones is 1. The van der Waals surface area contributed by atoms with E-state index < -0.39 is 0 Å². The van der Waals surface area contributed by atoms with E-state index in [0.29, 0.717) is 12.5 Å². The Bertz CT molecular complexity index is 299. The van der Waals surface area contributed by atoms with Gasteiger partial charge in [0.15, 0.2) is 5.78 Å². The van der Waals surface area contributed by atoms with Crippen LogP contribution in [0.15, 0.2) is 12.3 Å². The highest BCUT2D eigenvalue weighted by Crippen LogP contribution is 2.32. The predicted octanol–water partition coefficient (Wildman–Crippen LogP) is 1.07. The SMILES string of the molecule is NCc1cc(C(=O)C2CC2)c[nH]1. The highest BCUT2D eigenvalue weighted by atomic mass is 16.1. The number of nitrogens with one attached hydrogen (secondary N) is 1. The average molecular weight is 164 g/mol. The largest absolute Gasteiger partial charge is 0.363 e. The van der Waals surface area contributed by atoms with Gasteiger partial charge in [0.05, 0.1) is 0 Å². The third-order valence-electron chi connectivity index (χ3n) is 2.20. The van der Waals surface area contributed by atoms with Crippen molar-refractivity contribution in [2.75, 3.05) is 0 Å². The Labute approximate surface area is 71.0 Å². The smallest absolute Gasteiger partial charge is 0.167 e. The van der Waals surface area contributed by atoms with E-state index in [1.807, 2.05) is 6.07 Å². The van der Waals surface area contributed by atoms with E-state index in [1.54, 1.807) is 6.20 Å². The van der Waals surface area contributed by atoms with E-state index >= 15 is 0 Å². The maximum atomic E-state index is 11.5. The zero-order valence-electron chi connectivity index (χ0n) is 6.84. The van der Waals surface area contributed by atoms with Crippen LogP contribution in [-0.4, -0.2) is 10.8 Å². The number of carbonyl (C=O) groups excluding carboxylic acids is 1. The maximum Gasteiger partial charge on any atom is 0.167 e. The zero-order valence-corrected chi connectivity index (χ0v) is 6.84. The van der Waals surface area contributed by atoms with E-state index in [9.17, 15) is 4.79 Å². The Hall–Kier alpha value is -1.09. The molecule has 12 heavy (non-hydrogen) atoms. The Morgan fingerprint density at radius 2 is 2.42 bits per heavy atom. The standard InChI is InChI=1S/C9H12N2O/c10-4-8-3-7(5-11-8)9(12)6-1-2-6/h3,5-6,11H,1-2,4,10H2. The number of aromatic nitrogens is 1. The molecule has 0 spiro atoms. The normalized spacial score (nSPS) is 16.4. The van der Waals surface area contributed by atoms with Crippen molar-refractivity contribution < 1.29 is 4.79 Å². The number of Topliss-reactive ketones (excluding diaryl/α,β-unsaturated/α-hetero) is 1. The van der Waals surface area contributed by atoms with Crippen molar-refractivity contribution >= 4 is 5.78 Å². The first-order chi connectivity index (χ1) is 5.81. The molecular formula is C9H12N2O. The van der Waals surface area contributed by atoms with E-state index in [-0.39, 0.29) is 5.78 Å². The Morgan fingerprint density at radius 3 is 2.92 bits per heavy atom. The summed E-state index contributed by atoms with van der Waals surface area (Å²) in [5.41, 5.74) is 7.13. The van der Waals surface area contributed by atoms with E-state index in [0.717, 1.165) is 24.1 Å². The topological polar surface area (TPSA) is 58.9 Å². The molecule has 1 heterocycles. The Morgan fingerprint density at radius 1 is 1.67 bits per heavy atom. The van der Waals surface area contributed by atoms with Gasteiger partial charge in [-0.15, -0.1) is 0 Å². The van der Waals surface area contributed by atoms with Crippen LogP contribution in [0, 0.1) is 5.92 Å². The van der Waals surface area contributed by atoms with Gasteiger partial charge in [-0.3, -0.25) is 4.79 Å². The number of H-pyrrole nitrogens is 1. The lowest BCUT2D eigenvalue weighted by Gasteiger charge is -1.90. The molecule has 1 fully saturated rings. The number of hydrogen-bond acceptors (Lipinski definition) is 2. The minimum atomic E-state index is 0.269. The average Bonchev–Trinajstić information content (AvgIpc) is 2.82. The van der Waals surface area contributed by atoms with Crippen LogP contribution in [0.4, 0.5) is 0 Å². The highest BCUT2D eigenvalue weighted by molar-refractivity contribution is 5.99. The van der Waals surface area contributed by atoms with Gasteiger partial charge < -0.3 is 10.7 Å². The van der Waals surface area contributed by atoms with Gasteiger partial charge in [0.2, 0.25) is 0 Å². The second-order valence-corrected chi connectivity index (χ2v) is 3.26. The van der Waals surface area contributed by atoms with Gasteiger partial charge in [-0.2, -0.15) is 0 Å². The van der Waals surface area contributed by atoms with Crippen molar-refractivity contribution in [1.82, 2.24) is 4.98 Å². The second-order valence-electron chi connectivity index (χ2n) is 3.26. The molecule has 0 aliphatic heterocycles. The minimum absolute atomic E-state index is 0.269. The molecule has 1 aliphatic carbocycles. The molecule has 3 heteroatoms. The van der Waals surface area contributed by atoms with Crippen molar-refractivity contribution in [3.8, 4) is 0 Å². The third-order valence-corrected chi connectivity index (χ3v) is 2.20. The van der Waals surface area contributed by atoms with Crippen molar-refractivity contribution in [3.63, 3.8) is 0 Å². The third kappa shape index (κ3) is 1.28. The van der Waals surface area contributed by atoms with Crippen molar-refractivity contribution in [3.05, 3.63) is 23.5 Å². The second kappa shape index (κ2) is 2.75. The molecule has 0 radical (unpaired) electrons. The van der Waals surface area contributed by atoms with Crippen LogP contribution < -0.4 is 5.73 Å². The van der Waals surface area contributed by atoms with E-state index in [2.05, 4.69) is 4.98 Å². The Kier molecular flexibility index (Phi) is 1.73. The van der Waals surface area contributed by atoms with Crippen LogP contribution in [0.5, 0.6) is 0 Å². The van der Waals surface area contributed by atoms with Crippen molar-refractivity contribution in [2.24, 2.45) is 11.7 Å². The van der Waals surface area contributed by atoms with Gasteiger partial charge in [-0.05, 0) is 18.9 Å². The molecule has 0 aromatic carbocycles. The number of carbonyl (C=O) groups is 1. The summed E-state index contributed by atoms with van der Waals surface area (Å²) in [6, 6.07) is 1.85. The van der Waals surface area contributed by atoms with Crippen molar-refractivity contribution in [2.45, 2.75) is 19.4 Å². The first-order valence-electron chi connectivity index (χ1n) is 4.23. The van der Waals surface area contributed by atoms with Crippen molar-refractivity contribution in [1.29, 1.82) is 0 Å². The van der Waals surface area contributed by atoms with Crippen LogP contribution in [0.1, 0.15) is 28.9 Å². The van der Waals surface area contributed by atoms with E-state index in [4.69, 9.17) is 5.73 Å². The molecule has 0 unspecified atom stereocenters. The lowest BCUT2D eigenvalue weighted by atomic mass is 10.1. The summed E-state index contributed by atoms with van der Waals surface area (Å²) < 4.78 is 0. The fourth-order valence-electron chi connectivity index (χ4n) is 1.28. The molecule has 1 aromatic heterocycles. The first kappa shape index (κ1) is 7.55. The molecule has 0 amide bonds. The van der Waals surface area contributed by atoms with Gasteiger partial charge in [0.25, 0.3) is 0 Å². The summed E-state index contributed by atoms with van der Waals surface area (Å²) in [6.07, 6.45) is 3.87. The number of aromatic amines is 1. The van der Waals surface area contributed by atoms with Gasteiger partial charge in [0, 0.05) is 29.9 Å². The molecule has 1 aliphatic rings. The maximum absolute atomic E-state index is 11.5. The van der Waals surface area contributed by atoms with E-state index in [1.165, 1.54) is 0 Å². The fourth-order valence-corrected chi connectivity index (χ4v) is 1.28. The monoisotopic (exact) mass is 164 g/mol. The molecule has 0 atom stereocenters. The fraction of sp³-hybridized carbons (Fsp3) is 0.444. The van der Waals surface area contributed by atoms with Crippen LogP contribution in [0.3, 0.4) is 0 Å². The lowest BCUT2D eigenvalue weighted by molar-refractivity contribution is 0.0968. The quantitative estimate of drug-likeness (QED) is 0.656. The Balaban J connectivity index is 2.16. The summed E-state index contributed by atoms with van der Waals surface area (Å²) in [7, 11) is 0. The van der Waals surface area contributed by atoms with Gasteiger partial charge in [-0.1, -0.05) is 0 Å². The van der Waals surface area contributed by atoms with Gasteiger partial charge in [0.1, 0.15) is 0 Å². The van der Waals surface area contributed by atoms with Crippen LogP contribution >= 0.6 is 0 Å². The van der Waals surface area contributed by atoms with Crippen LogP contribution in [0.25, 0.3) is 0 Å². The minimum Gasteiger partial charge on any atom is -0.363 e. The zero-order chi connectivity index (χ0) is 8.55. The molecule has 3 nitrogen and oxygen atoms in total. The number of hydrogen-bond donors (Lipinski definition) is 2. The predicted molar refractivity (Wildman–Crippen MR) is 45.7 cm³/mol. The molecule has 2 rings (SSSR count). The summed E-state index contributed by atoms with van der Waals surface area (Å²) in [4.78, 5) is 14.4. The molecular weight excluding hydrogens is 152 g/mol.